The summed E-state index contributed by atoms with van der Waals surface area (Å²) in [6.45, 7) is -0.156. The van der Waals surface area contributed by atoms with Gasteiger partial charge in [0, 0.05) is 19.7 Å². The summed E-state index contributed by atoms with van der Waals surface area (Å²) in [4.78, 5) is 40.8. The number of amides is 1. The Kier molecular flexibility index (Phi) is 4.55. The van der Waals surface area contributed by atoms with E-state index in [4.69, 9.17) is 0 Å². The molecule has 0 unspecified atom stereocenters. The first-order chi connectivity index (χ1) is 14.0. The van der Waals surface area contributed by atoms with Crippen LogP contribution in [-0.2, 0) is 25.4 Å². The van der Waals surface area contributed by atoms with Crippen molar-refractivity contribution in [1.82, 2.24) is 24.1 Å². The number of aromatic nitrogens is 4. The van der Waals surface area contributed by atoms with Gasteiger partial charge in [0.05, 0.1) is 12.5 Å². The number of fused-ring (bicyclic) bond motifs is 2. The van der Waals surface area contributed by atoms with Crippen LogP contribution in [0.4, 0.5) is 0 Å². The molecule has 0 saturated heterocycles. The summed E-state index contributed by atoms with van der Waals surface area (Å²) >= 11 is 0. The lowest BCUT2D eigenvalue weighted by atomic mass is 10.1. The second kappa shape index (κ2) is 7.19. The molecule has 1 N–H and O–H groups in total. The van der Waals surface area contributed by atoms with E-state index in [-0.39, 0.29) is 17.7 Å². The second-order valence-electron chi connectivity index (χ2n) is 6.61. The molecule has 0 spiro atoms. The first-order valence-corrected chi connectivity index (χ1v) is 8.88. The molecule has 0 aliphatic carbocycles. The highest BCUT2D eigenvalue weighted by Gasteiger charge is 2.15. The summed E-state index contributed by atoms with van der Waals surface area (Å²) in [5, 5.41) is 6.13. The van der Waals surface area contributed by atoms with Crippen LogP contribution < -0.4 is 16.7 Å². The summed E-state index contributed by atoms with van der Waals surface area (Å²) < 4.78 is 3.65. The Morgan fingerprint density at radius 2 is 1.86 bits per heavy atom. The van der Waals surface area contributed by atoms with E-state index < -0.39 is 17.2 Å². The Morgan fingerprint density at radius 3 is 2.69 bits per heavy atom. The van der Waals surface area contributed by atoms with Crippen LogP contribution in [0.2, 0.25) is 0 Å². The molecule has 4 aromatic rings. The second-order valence-corrected chi connectivity index (χ2v) is 6.61. The molecule has 2 aromatic carbocycles. The average Bonchev–Trinajstić information content (AvgIpc) is 3.14. The van der Waals surface area contributed by atoms with E-state index in [1.807, 2.05) is 42.5 Å². The van der Waals surface area contributed by atoms with Gasteiger partial charge in [-0.15, -0.1) is 0 Å². The van der Waals surface area contributed by atoms with Gasteiger partial charge in [0.25, 0.3) is 11.5 Å². The molecule has 9 heteroatoms. The average molecular weight is 390 g/mol. The Bertz CT molecular complexity index is 1390. The predicted octanol–water partition coefficient (Wildman–Crippen LogP) is 0.737. The van der Waals surface area contributed by atoms with Gasteiger partial charge in [0.15, 0.2) is 11.2 Å². The minimum atomic E-state index is -0.507. The number of nitrogens with zero attached hydrogens (tertiary/aromatic N) is 5. The number of imidazole rings is 1. The fourth-order valence-corrected chi connectivity index (χ4v) is 3.24. The van der Waals surface area contributed by atoms with Crippen LogP contribution in [0.5, 0.6) is 0 Å². The first kappa shape index (κ1) is 18.4. The smallest absolute Gasteiger partial charge is 0.315 e. The summed E-state index contributed by atoms with van der Waals surface area (Å²) in [5.74, 6) is -0.420. The van der Waals surface area contributed by atoms with Crippen molar-refractivity contribution in [2.24, 2.45) is 19.2 Å². The Labute approximate surface area is 164 Å². The number of carbonyl (C=O) groups is 1. The number of nitrogens with one attached hydrogen (secondary N) is 1. The molecule has 2 heterocycles. The number of carbonyl (C=O) groups excluding carboxylic acids is 1. The lowest BCUT2D eigenvalue weighted by Gasteiger charge is -2.06. The molecule has 0 bridgehead atoms. The van der Waals surface area contributed by atoms with E-state index in [1.54, 1.807) is 6.21 Å². The van der Waals surface area contributed by atoms with Crippen molar-refractivity contribution in [2.45, 2.75) is 6.54 Å². The number of hydrogen-bond donors (Lipinski definition) is 1. The molecular weight excluding hydrogens is 372 g/mol. The van der Waals surface area contributed by atoms with E-state index in [0.29, 0.717) is 0 Å². The number of hydrazone groups is 1. The standard InChI is InChI=1S/C20H18N6O3/c1-24-18-17(19(28)25(2)20(24)29)26(12-21-18)11-16(27)23-22-10-14-8-5-7-13-6-3-4-9-15(13)14/h3-10,12H,11H2,1-2H3,(H,23,27)/b22-10-. The Hall–Kier alpha value is -4.01. The van der Waals surface area contributed by atoms with E-state index in [1.165, 1.54) is 29.6 Å². The van der Waals surface area contributed by atoms with Crippen LogP contribution in [0.1, 0.15) is 5.56 Å². The van der Waals surface area contributed by atoms with Crippen LogP contribution >= 0.6 is 0 Å². The molecule has 2 aromatic heterocycles. The topological polar surface area (TPSA) is 103 Å². The minimum absolute atomic E-state index is 0.156. The van der Waals surface area contributed by atoms with Crippen molar-refractivity contribution in [2.75, 3.05) is 0 Å². The van der Waals surface area contributed by atoms with E-state index >= 15 is 0 Å². The summed E-state index contributed by atoms with van der Waals surface area (Å²) in [7, 11) is 2.91. The highest BCUT2D eigenvalue weighted by molar-refractivity contribution is 5.99. The van der Waals surface area contributed by atoms with Gasteiger partial charge < -0.3 is 4.57 Å². The van der Waals surface area contributed by atoms with Gasteiger partial charge in [-0.2, -0.15) is 5.10 Å². The van der Waals surface area contributed by atoms with E-state index in [9.17, 15) is 14.4 Å². The summed E-state index contributed by atoms with van der Waals surface area (Å²) in [5.41, 5.74) is 2.77. The predicted molar refractivity (Wildman–Crippen MR) is 110 cm³/mol. The van der Waals surface area contributed by atoms with Crippen LogP contribution in [0.25, 0.3) is 21.9 Å². The minimum Gasteiger partial charge on any atom is -0.315 e. The van der Waals surface area contributed by atoms with Crippen molar-refractivity contribution in [3.05, 3.63) is 75.2 Å². The molecule has 146 valence electrons. The monoisotopic (exact) mass is 390 g/mol. The van der Waals surface area contributed by atoms with Gasteiger partial charge in [-0.3, -0.25) is 18.7 Å². The molecule has 0 aliphatic heterocycles. The lowest BCUT2D eigenvalue weighted by molar-refractivity contribution is -0.121. The third kappa shape index (κ3) is 3.22. The SMILES string of the molecule is Cn1c(=O)c2c(ncn2CC(=O)N/N=C\c2cccc3ccccc23)n(C)c1=O. The third-order valence-electron chi connectivity index (χ3n) is 4.75. The van der Waals surface area contributed by atoms with Crippen LogP contribution in [0, 0.1) is 0 Å². The molecule has 9 nitrogen and oxygen atoms in total. The van der Waals surface area contributed by atoms with Gasteiger partial charge in [0.1, 0.15) is 6.54 Å². The van der Waals surface area contributed by atoms with Crippen LogP contribution in [-0.4, -0.2) is 30.8 Å². The highest BCUT2D eigenvalue weighted by atomic mass is 16.2. The molecule has 0 aliphatic rings. The zero-order valence-corrected chi connectivity index (χ0v) is 15.9. The summed E-state index contributed by atoms with van der Waals surface area (Å²) in [6, 6.07) is 13.7. The van der Waals surface area contributed by atoms with Gasteiger partial charge in [0.2, 0.25) is 0 Å². The fraction of sp³-hybridized carbons (Fsp3) is 0.150. The van der Waals surface area contributed by atoms with Crippen molar-refractivity contribution < 1.29 is 4.79 Å². The molecule has 4 rings (SSSR count). The van der Waals surface area contributed by atoms with Crippen LogP contribution in [0.15, 0.2) is 63.5 Å². The number of aryl methyl sites for hydroxylation is 1. The maximum Gasteiger partial charge on any atom is 0.332 e. The van der Waals surface area contributed by atoms with Crippen LogP contribution in [0.3, 0.4) is 0 Å². The molecule has 1 amide bonds. The van der Waals surface area contributed by atoms with Crippen molar-refractivity contribution in [1.29, 1.82) is 0 Å². The molecule has 0 fully saturated rings. The van der Waals surface area contributed by atoms with Gasteiger partial charge in [-0.25, -0.2) is 15.2 Å². The highest BCUT2D eigenvalue weighted by Crippen LogP contribution is 2.16. The zero-order chi connectivity index (χ0) is 20.5. The molecule has 0 atom stereocenters. The number of rotatable bonds is 4. The lowest BCUT2D eigenvalue weighted by Crippen LogP contribution is -2.38. The molecule has 29 heavy (non-hydrogen) atoms. The van der Waals surface area contributed by atoms with Gasteiger partial charge >= 0.3 is 5.69 Å². The molecule has 0 saturated carbocycles. The Morgan fingerprint density at radius 1 is 1.10 bits per heavy atom. The van der Waals surface area contributed by atoms with E-state index in [2.05, 4.69) is 15.5 Å². The van der Waals surface area contributed by atoms with Gasteiger partial charge in [-0.1, -0.05) is 42.5 Å². The first-order valence-electron chi connectivity index (χ1n) is 8.88. The number of benzene rings is 2. The maximum atomic E-state index is 12.4. The third-order valence-corrected chi connectivity index (χ3v) is 4.75. The largest absolute Gasteiger partial charge is 0.332 e. The van der Waals surface area contributed by atoms with Crippen molar-refractivity contribution >= 4 is 34.1 Å². The molecule has 0 radical (unpaired) electrons. The van der Waals surface area contributed by atoms with E-state index in [0.717, 1.165) is 20.9 Å². The normalized spacial score (nSPS) is 11.5. The maximum absolute atomic E-state index is 12.4. The Balaban J connectivity index is 1.56. The van der Waals surface area contributed by atoms with Gasteiger partial charge in [-0.05, 0) is 10.8 Å². The summed E-state index contributed by atoms with van der Waals surface area (Å²) in [6.07, 6.45) is 2.94. The molecular formula is C20H18N6O3. The zero-order valence-electron chi connectivity index (χ0n) is 15.9. The number of hydrogen-bond acceptors (Lipinski definition) is 5. The fourth-order valence-electron chi connectivity index (χ4n) is 3.24. The van der Waals surface area contributed by atoms with Crippen molar-refractivity contribution in [3.8, 4) is 0 Å². The quantitative estimate of drug-likeness (QED) is 0.410. The van der Waals surface area contributed by atoms with Crippen molar-refractivity contribution in [3.63, 3.8) is 0 Å².